The van der Waals surface area contributed by atoms with Crippen LogP contribution >= 0.6 is 0 Å². The monoisotopic (exact) mass is 297 g/mol. The van der Waals surface area contributed by atoms with Crippen LogP contribution in [0.15, 0.2) is 54.6 Å². The Hall–Kier alpha value is -2.82. The Labute approximate surface area is 127 Å². The Morgan fingerprint density at radius 2 is 1.91 bits per heavy atom. The number of carbonyl (C=O) groups excluding carboxylic acids is 2. The van der Waals surface area contributed by atoms with Gasteiger partial charge in [0, 0.05) is 0 Å². The summed E-state index contributed by atoms with van der Waals surface area (Å²) in [5, 5.41) is 2.61. The fourth-order valence-electron chi connectivity index (χ4n) is 2.07. The van der Waals surface area contributed by atoms with Crippen molar-refractivity contribution in [1.29, 1.82) is 0 Å². The molecule has 5 heteroatoms. The van der Waals surface area contributed by atoms with E-state index >= 15 is 0 Å². The maximum atomic E-state index is 12.0. The summed E-state index contributed by atoms with van der Waals surface area (Å²) in [6.07, 6.45) is 0.0194. The minimum absolute atomic E-state index is 0.0385. The van der Waals surface area contributed by atoms with E-state index in [-0.39, 0.29) is 18.7 Å². The second-order valence-corrected chi connectivity index (χ2v) is 4.97. The second-order valence-electron chi connectivity index (χ2n) is 4.97. The van der Waals surface area contributed by atoms with Crippen LogP contribution in [0, 0.1) is 0 Å². The second kappa shape index (κ2) is 6.30. The van der Waals surface area contributed by atoms with Gasteiger partial charge in [0.1, 0.15) is 12.4 Å². The van der Waals surface area contributed by atoms with E-state index in [0.717, 1.165) is 5.56 Å². The summed E-state index contributed by atoms with van der Waals surface area (Å²) in [6.45, 7) is 0.226. The number of esters is 1. The molecular weight excluding hydrogens is 282 g/mol. The molecule has 1 heterocycles. The zero-order valence-electron chi connectivity index (χ0n) is 11.8. The summed E-state index contributed by atoms with van der Waals surface area (Å²) in [5.74, 6) is 0.0783. The van der Waals surface area contributed by atoms with Crippen LogP contribution in [-0.2, 0) is 16.1 Å². The lowest BCUT2D eigenvalue weighted by atomic mass is 10.2. The highest BCUT2D eigenvalue weighted by atomic mass is 16.5. The summed E-state index contributed by atoms with van der Waals surface area (Å²) in [4.78, 5) is 22.9. The molecule has 22 heavy (non-hydrogen) atoms. The molecule has 1 aliphatic rings. The number of hydrogen-bond donors (Lipinski definition) is 1. The quantitative estimate of drug-likeness (QED) is 0.679. The van der Waals surface area contributed by atoms with E-state index in [1.807, 2.05) is 30.3 Å². The molecule has 1 N–H and O–H groups in total. The van der Waals surface area contributed by atoms with Gasteiger partial charge in [0.25, 0.3) is 0 Å². The van der Waals surface area contributed by atoms with Crippen molar-refractivity contribution < 1.29 is 19.1 Å². The van der Waals surface area contributed by atoms with Crippen molar-refractivity contribution in [2.45, 2.75) is 19.3 Å². The first-order valence-corrected chi connectivity index (χ1v) is 6.98. The highest BCUT2D eigenvalue weighted by Gasteiger charge is 2.26. The number of ether oxygens (including phenoxy) is 2. The molecule has 1 unspecified atom stereocenters. The third kappa shape index (κ3) is 3.44. The van der Waals surface area contributed by atoms with Crippen molar-refractivity contribution in [2.24, 2.45) is 0 Å². The molecule has 0 radical (unpaired) electrons. The molecule has 3 rings (SSSR count). The average Bonchev–Trinajstić information content (AvgIpc) is 2.52. The minimum atomic E-state index is -0.410. The van der Waals surface area contributed by atoms with E-state index in [1.54, 1.807) is 24.3 Å². The number of rotatable bonds is 5. The van der Waals surface area contributed by atoms with Crippen LogP contribution in [0.1, 0.15) is 22.3 Å². The van der Waals surface area contributed by atoms with Crippen molar-refractivity contribution >= 4 is 11.9 Å². The molecule has 0 aliphatic carbocycles. The van der Waals surface area contributed by atoms with Crippen LogP contribution < -0.4 is 10.1 Å². The third-order valence-corrected chi connectivity index (χ3v) is 3.25. The van der Waals surface area contributed by atoms with E-state index in [9.17, 15) is 9.59 Å². The smallest absolute Gasteiger partial charge is 0.338 e. The zero-order chi connectivity index (χ0) is 15.4. The van der Waals surface area contributed by atoms with Gasteiger partial charge in [-0.25, -0.2) is 4.79 Å². The van der Waals surface area contributed by atoms with Gasteiger partial charge >= 0.3 is 5.97 Å². The standard InChI is InChI=1S/C17H15NO4/c19-15-10-16(18-15)22-14-8-4-7-13(9-14)17(20)21-11-12-5-2-1-3-6-12/h1-9,16H,10-11H2,(H,18,19). The van der Waals surface area contributed by atoms with Gasteiger partial charge in [0.05, 0.1) is 12.0 Å². The molecule has 2 aromatic carbocycles. The van der Waals surface area contributed by atoms with Gasteiger partial charge in [0.2, 0.25) is 5.91 Å². The van der Waals surface area contributed by atoms with Crippen LogP contribution in [-0.4, -0.2) is 18.1 Å². The third-order valence-electron chi connectivity index (χ3n) is 3.25. The minimum Gasteiger partial charge on any atom is -0.470 e. The molecular formula is C17H15NO4. The van der Waals surface area contributed by atoms with Crippen LogP contribution in [0.3, 0.4) is 0 Å². The number of nitrogens with one attached hydrogen (secondary N) is 1. The fraction of sp³-hybridized carbons (Fsp3) is 0.176. The fourth-order valence-corrected chi connectivity index (χ4v) is 2.07. The van der Waals surface area contributed by atoms with Crippen molar-refractivity contribution in [3.05, 3.63) is 65.7 Å². The van der Waals surface area contributed by atoms with Gasteiger partial charge < -0.3 is 14.8 Å². The van der Waals surface area contributed by atoms with Crippen molar-refractivity contribution in [2.75, 3.05) is 0 Å². The van der Waals surface area contributed by atoms with Gasteiger partial charge in [0.15, 0.2) is 6.23 Å². The molecule has 2 aromatic rings. The van der Waals surface area contributed by atoms with Gasteiger partial charge in [-0.05, 0) is 23.8 Å². The molecule has 0 aromatic heterocycles. The van der Waals surface area contributed by atoms with Crippen molar-refractivity contribution in [3.8, 4) is 5.75 Å². The van der Waals surface area contributed by atoms with Crippen LogP contribution in [0.25, 0.3) is 0 Å². The average molecular weight is 297 g/mol. The highest BCUT2D eigenvalue weighted by Crippen LogP contribution is 2.18. The first-order chi connectivity index (χ1) is 10.7. The number of β-lactam (4-membered cyclic amide) rings is 1. The van der Waals surface area contributed by atoms with Gasteiger partial charge in [-0.2, -0.15) is 0 Å². The molecule has 0 saturated carbocycles. The summed E-state index contributed by atoms with van der Waals surface area (Å²) in [7, 11) is 0. The largest absolute Gasteiger partial charge is 0.470 e. The number of benzene rings is 2. The summed E-state index contributed by atoms with van der Waals surface area (Å²) in [5.41, 5.74) is 1.35. The lowest BCUT2D eigenvalue weighted by molar-refractivity contribution is -0.134. The topological polar surface area (TPSA) is 64.6 Å². The Kier molecular flexibility index (Phi) is 4.05. The van der Waals surface area contributed by atoms with Crippen molar-refractivity contribution in [3.63, 3.8) is 0 Å². The van der Waals surface area contributed by atoms with E-state index in [2.05, 4.69) is 5.32 Å². The Balaban J connectivity index is 1.59. The maximum absolute atomic E-state index is 12.0. The SMILES string of the molecule is O=C1CC(Oc2cccc(C(=O)OCc3ccccc3)c2)N1. The van der Waals surface area contributed by atoms with E-state index < -0.39 is 5.97 Å². The first kappa shape index (κ1) is 14.1. The molecule has 0 spiro atoms. The van der Waals surface area contributed by atoms with Crippen LogP contribution in [0.2, 0.25) is 0 Å². The normalized spacial score (nSPS) is 16.4. The molecule has 1 fully saturated rings. The van der Waals surface area contributed by atoms with Gasteiger partial charge in [-0.15, -0.1) is 0 Å². The first-order valence-electron chi connectivity index (χ1n) is 6.98. The Morgan fingerprint density at radius 3 is 2.64 bits per heavy atom. The molecule has 0 bridgehead atoms. The number of amides is 1. The Bertz CT molecular complexity index is 676. The molecule has 1 atom stereocenters. The van der Waals surface area contributed by atoms with Gasteiger partial charge in [-0.3, -0.25) is 4.79 Å². The predicted molar refractivity (Wildman–Crippen MR) is 79.2 cm³/mol. The zero-order valence-corrected chi connectivity index (χ0v) is 11.8. The van der Waals surface area contributed by atoms with Crippen LogP contribution in [0.4, 0.5) is 0 Å². The summed E-state index contributed by atoms with van der Waals surface area (Å²) >= 11 is 0. The molecule has 5 nitrogen and oxygen atoms in total. The highest BCUT2D eigenvalue weighted by molar-refractivity contribution is 5.89. The summed E-state index contributed by atoms with van der Waals surface area (Å²) in [6, 6.07) is 16.2. The molecule has 1 amide bonds. The molecule has 1 aliphatic heterocycles. The summed E-state index contributed by atoms with van der Waals surface area (Å²) < 4.78 is 10.8. The predicted octanol–water partition coefficient (Wildman–Crippen LogP) is 2.27. The van der Waals surface area contributed by atoms with Gasteiger partial charge in [-0.1, -0.05) is 36.4 Å². The van der Waals surface area contributed by atoms with Crippen molar-refractivity contribution in [1.82, 2.24) is 5.32 Å². The number of hydrogen-bond acceptors (Lipinski definition) is 4. The molecule has 1 saturated heterocycles. The molecule has 112 valence electrons. The van der Waals surface area contributed by atoms with E-state index in [4.69, 9.17) is 9.47 Å². The Morgan fingerprint density at radius 1 is 1.14 bits per heavy atom. The maximum Gasteiger partial charge on any atom is 0.338 e. The van der Waals surface area contributed by atoms with Crippen LogP contribution in [0.5, 0.6) is 5.75 Å². The van der Waals surface area contributed by atoms with E-state index in [0.29, 0.717) is 17.7 Å². The lowest BCUT2D eigenvalue weighted by Crippen LogP contribution is -2.51. The van der Waals surface area contributed by atoms with E-state index in [1.165, 1.54) is 0 Å². The number of carbonyl (C=O) groups is 2. The lowest BCUT2D eigenvalue weighted by Gasteiger charge is -2.27.